The van der Waals surface area contributed by atoms with Crippen LogP contribution in [0.15, 0.2) is 12.7 Å². The number of hydrogen-bond acceptors (Lipinski definition) is 8. The molecule has 3 heterocycles. The van der Waals surface area contributed by atoms with E-state index >= 15 is 0 Å². The van der Waals surface area contributed by atoms with Gasteiger partial charge in [-0.25, -0.2) is 15.0 Å². The van der Waals surface area contributed by atoms with Crippen LogP contribution in [-0.2, 0) is 14.0 Å². The van der Waals surface area contributed by atoms with E-state index in [4.69, 9.17) is 19.3 Å². The van der Waals surface area contributed by atoms with Crippen molar-refractivity contribution in [1.29, 1.82) is 0 Å². The normalized spacial score (nSPS) is 26.4. The molecule has 0 amide bonds. The van der Waals surface area contributed by atoms with E-state index in [9.17, 15) is 9.67 Å². The summed E-state index contributed by atoms with van der Waals surface area (Å²) in [5, 5.41) is 13.7. The van der Waals surface area contributed by atoms with Gasteiger partial charge in [-0.1, -0.05) is 0 Å². The number of hydrogen-bond donors (Lipinski definition) is 4. The van der Waals surface area contributed by atoms with Gasteiger partial charge in [-0.05, 0) is 19.3 Å². The zero-order valence-corrected chi connectivity index (χ0v) is 15.4. The Morgan fingerprint density at radius 1 is 1.33 bits per heavy atom. The van der Waals surface area contributed by atoms with Gasteiger partial charge in [-0.2, -0.15) is 0 Å². The van der Waals surface area contributed by atoms with Crippen LogP contribution in [0.4, 0.5) is 5.82 Å². The molecule has 2 fully saturated rings. The summed E-state index contributed by atoms with van der Waals surface area (Å²) in [5.41, 5.74) is 1.16. The lowest BCUT2D eigenvalue weighted by Crippen LogP contribution is -2.27. The van der Waals surface area contributed by atoms with Gasteiger partial charge in [0.2, 0.25) is 0 Å². The van der Waals surface area contributed by atoms with Crippen LogP contribution < -0.4 is 5.32 Å². The quantitative estimate of drug-likeness (QED) is 0.487. The standard InChI is InChI=1S/C15H22N5O6P/c21-11-4-10(5-25-8-27(22,23)24)26-15(11)20-7-18-12-13(16-6-17-14(12)20)19-9-2-1-3-9/h6-7,9-11,15,21H,1-5,8H2,(H,16,17,19)(H2,22,23,24)/t10-,11+,15+/m0/s1. The molecule has 2 aliphatic rings. The minimum Gasteiger partial charge on any atom is -0.388 e. The third-order valence-electron chi connectivity index (χ3n) is 4.81. The van der Waals surface area contributed by atoms with E-state index in [0.717, 1.165) is 12.8 Å². The fourth-order valence-corrected chi connectivity index (χ4v) is 3.62. The predicted molar refractivity (Wildman–Crippen MR) is 94.0 cm³/mol. The van der Waals surface area contributed by atoms with Gasteiger partial charge in [-0.15, -0.1) is 0 Å². The summed E-state index contributed by atoms with van der Waals surface area (Å²) in [5.74, 6) is 0.664. The summed E-state index contributed by atoms with van der Waals surface area (Å²) in [7, 11) is -4.23. The number of anilines is 1. The van der Waals surface area contributed by atoms with Crippen LogP contribution in [-0.4, -0.2) is 65.6 Å². The van der Waals surface area contributed by atoms with Crippen molar-refractivity contribution in [3.05, 3.63) is 12.7 Å². The maximum atomic E-state index is 10.8. The lowest BCUT2D eigenvalue weighted by atomic mass is 9.93. The molecule has 1 aliphatic heterocycles. The van der Waals surface area contributed by atoms with Crippen LogP contribution >= 0.6 is 7.60 Å². The smallest absolute Gasteiger partial charge is 0.350 e. The molecule has 2 aromatic rings. The molecular weight excluding hydrogens is 377 g/mol. The minimum atomic E-state index is -4.23. The molecule has 0 bridgehead atoms. The second-order valence-corrected chi connectivity index (χ2v) is 8.52. The molecule has 3 atom stereocenters. The summed E-state index contributed by atoms with van der Waals surface area (Å²) in [6.45, 7) is -0.0191. The highest BCUT2D eigenvalue weighted by Crippen LogP contribution is 2.36. The number of ether oxygens (including phenoxy) is 2. The number of fused-ring (bicyclic) bond motifs is 1. The second-order valence-electron chi connectivity index (χ2n) is 6.93. The molecule has 1 saturated carbocycles. The summed E-state index contributed by atoms with van der Waals surface area (Å²) < 4.78 is 23.3. The summed E-state index contributed by atoms with van der Waals surface area (Å²) >= 11 is 0. The average molecular weight is 399 g/mol. The van der Waals surface area contributed by atoms with E-state index in [2.05, 4.69) is 20.3 Å². The van der Waals surface area contributed by atoms with E-state index in [1.54, 1.807) is 10.9 Å². The van der Waals surface area contributed by atoms with E-state index in [-0.39, 0.29) is 13.0 Å². The molecule has 27 heavy (non-hydrogen) atoms. The third-order valence-corrected chi connectivity index (χ3v) is 5.33. The Morgan fingerprint density at radius 3 is 2.85 bits per heavy atom. The topological polar surface area (TPSA) is 152 Å². The molecule has 0 unspecified atom stereocenters. The van der Waals surface area contributed by atoms with Gasteiger partial charge in [0.1, 0.15) is 18.8 Å². The molecule has 1 aliphatic carbocycles. The van der Waals surface area contributed by atoms with Gasteiger partial charge in [0, 0.05) is 12.5 Å². The first-order valence-electron chi connectivity index (χ1n) is 8.80. The lowest BCUT2D eigenvalue weighted by Gasteiger charge is -2.26. The van der Waals surface area contributed by atoms with Gasteiger partial charge in [-0.3, -0.25) is 9.13 Å². The molecule has 4 N–H and O–H groups in total. The molecular formula is C15H22N5O6P. The molecule has 4 rings (SSSR count). The van der Waals surface area contributed by atoms with Crippen molar-refractivity contribution in [2.75, 3.05) is 18.3 Å². The van der Waals surface area contributed by atoms with E-state index in [1.165, 1.54) is 12.7 Å². The molecule has 0 spiro atoms. The molecule has 148 valence electrons. The minimum absolute atomic E-state index is 0.0191. The summed E-state index contributed by atoms with van der Waals surface area (Å²) in [4.78, 5) is 30.6. The average Bonchev–Trinajstić information content (AvgIpc) is 3.13. The highest BCUT2D eigenvalue weighted by molar-refractivity contribution is 7.51. The highest BCUT2D eigenvalue weighted by Gasteiger charge is 2.37. The van der Waals surface area contributed by atoms with E-state index in [1.807, 2.05) is 0 Å². The third kappa shape index (κ3) is 4.13. The van der Waals surface area contributed by atoms with Gasteiger partial charge in [0.25, 0.3) is 0 Å². The highest BCUT2D eigenvalue weighted by atomic mass is 31.2. The molecule has 0 aromatic carbocycles. The van der Waals surface area contributed by atoms with Crippen LogP contribution in [0.5, 0.6) is 0 Å². The van der Waals surface area contributed by atoms with Crippen molar-refractivity contribution in [2.24, 2.45) is 0 Å². The van der Waals surface area contributed by atoms with Crippen molar-refractivity contribution >= 4 is 24.6 Å². The van der Waals surface area contributed by atoms with Gasteiger partial charge >= 0.3 is 7.60 Å². The fraction of sp³-hybridized carbons (Fsp3) is 0.667. The van der Waals surface area contributed by atoms with Crippen molar-refractivity contribution in [3.63, 3.8) is 0 Å². The molecule has 11 nitrogen and oxygen atoms in total. The summed E-state index contributed by atoms with van der Waals surface area (Å²) in [6.07, 6.45) is 4.02. The molecule has 0 radical (unpaired) electrons. The Hall–Kier alpha value is -1.62. The fourth-order valence-electron chi connectivity index (χ4n) is 3.28. The number of aliphatic hydroxyl groups excluding tert-OH is 1. The number of imidazole rings is 1. The van der Waals surface area contributed by atoms with E-state index in [0.29, 0.717) is 23.0 Å². The lowest BCUT2D eigenvalue weighted by molar-refractivity contribution is -0.0567. The van der Waals surface area contributed by atoms with Crippen molar-refractivity contribution < 1.29 is 28.9 Å². The van der Waals surface area contributed by atoms with Crippen LogP contribution in [0.1, 0.15) is 31.9 Å². The van der Waals surface area contributed by atoms with Crippen LogP contribution in [0.3, 0.4) is 0 Å². The molecule has 2 aromatic heterocycles. The second kappa shape index (κ2) is 7.42. The molecule has 12 heteroatoms. The first-order chi connectivity index (χ1) is 12.9. The maximum absolute atomic E-state index is 10.8. The Bertz CT molecular complexity index is 852. The molecule has 1 saturated heterocycles. The summed E-state index contributed by atoms with van der Waals surface area (Å²) in [6, 6.07) is 0.400. The monoisotopic (exact) mass is 399 g/mol. The van der Waals surface area contributed by atoms with Crippen LogP contribution in [0, 0.1) is 0 Å². The van der Waals surface area contributed by atoms with Crippen LogP contribution in [0.2, 0.25) is 0 Å². The maximum Gasteiger partial charge on any atom is 0.350 e. The Labute approximate surface area is 154 Å². The number of nitrogens with zero attached hydrogens (tertiary/aromatic N) is 4. The van der Waals surface area contributed by atoms with E-state index < -0.39 is 32.4 Å². The Kier molecular flexibility index (Phi) is 5.15. The van der Waals surface area contributed by atoms with Crippen molar-refractivity contribution in [2.45, 2.75) is 50.2 Å². The first-order valence-corrected chi connectivity index (χ1v) is 10.6. The zero-order valence-electron chi connectivity index (χ0n) is 14.5. The number of nitrogens with one attached hydrogen (secondary N) is 1. The first kappa shape index (κ1) is 18.7. The number of aliphatic hydroxyl groups is 1. The number of rotatable bonds is 7. The zero-order chi connectivity index (χ0) is 19.0. The van der Waals surface area contributed by atoms with Gasteiger partial charge in [0.15, 0.2) is 23.2 Å². The number of aromatic nitrogens is 4. The predicted octanol–water partition coefficient (Wildman–Crippen LogP) is 0.591. The largest absolute Gasteiger partial charge is 0.388 e. The van der Waals surface area contributed by atoms with Crippen LogP contribution in [0.25, 0.3) is 11.2 Å². The van der Waals surface area contributed by atoms with Gasteiger partial charge < -0.3 is 29.7 Å². The Morgan fingerprint density at radius 2 is 2.15 bits per heavy atom. The van der Waals surface area contributed by atoms with Gasteiger partial charge in [0.05, 0.1) is 19.0 Å². The SMILES string of the molecule is O=P(O)(O)COC[C@@H]1C[C@@H](O)[C@H](n2cnc3c(NC4CCC4)ncnc32)O1. The Balaban J connectivity index is 1.47. The van der Waals surface area contributed by atoms with Crippen molar-refractivity contribution in [1.82, 2.24) is 19.5 Å². The van der Waals surface area contributed by atoms with Crippen molar-refractivity contribution in [3.8, 4) is 0 Å².